The number of hydrogen-bond donors (Lipinski definition) is 1. The lowest BCUT2D eigenvalue weighted by Crippen LogP contribution is -2.34. The zero-order chi connectivity index (χ0) is 20.5. The standard InChI is InChI=1S/C21H17BrN2O5/c1-28-9-8-24-18(12-4-6-23-7-5-12)17(20(26)21(24)27)19(25)16-11-13-10-14(22)2-3-15(13)29-16/h2-7,10-11,18,26H,8-9H2,1H3. The van der Waals surface area contributed by atoms with Crippen LogP contribution in [0.4, 0.5) is 0 Å². The number of aliphatic hydroxyl groups excluding tert-OH is 1. The summed E-state index contributed by atoms with van der Waals surface area (Å²) in [5.74, 6) is -1.68. The summed E-state index contributed by atoms with van der Waals surface area (Å²) in [6.45, 7) is 0.483. The maximum Gasteiger partial charge on any atom is 0.290 e. The molecule has 8 heteroatoms. The van der Waals surface area contributed by atoms with E-state index in [0.29, 0.717) is 11.1 Å². The number of methoxy groups -OCH3 is 1. The van der Waals surface area contributed by atoms with Crippen molar-refractivity contribution in [2.24, 2.45) is 0 Å². The zero-order valence-electron chi connectivity index (χ0n) is 15.5. The second kappa shape index (κ2) is 7.81. The van der Waals surface area contributed by atoms with Gasteiger partial charge < -0.3 is 19.2 Å². The summed E-state index contributed by atoms with van der Waals surface area (Å²) < 4.78 is 11.6. The maximum atomic E-state index is 13.3. The second-order valence-electron chi connectivity index (χ2n) is 6.56. The molecule has 0 saturated carbocycles. The minimum atomic E-state index is -0.756. The molecular formula is C21H17BrN2O5. The number of hydrogen-bond acceptors (Lipinski definition) is 6. The van der Waals surface area contributed by atoms with Crippen molar-refractivity contribution >= 4 is 38.6 Å². The average molecular weight is 457 g/mol. The largest absolute Gasteiger partial charge is 0.503 e. The van der Waals surface area contributed by atoms with Gasteiger partial charge in [-0.05, 0) is 42.0 Å². The quantitative estimate of drug-likeness (QED) is 0.566. The number of carbonyl (C=O) groups excluding carboxylic acids is 2. The lowest BCUT2D eigenvalue weighted by molar-refractivity contribution is -0.130. The second-order valence-corrected chi connectivity index (χ2v) is 7.47. The number of furan rings is 1. The first kappa shape index (κ1) is 19.4. The van der Waals surface area contributed by atoms with E-state index in [-0.39, 0.29) is 24.5 Å². The number of carbonyl (C=O) groups is 2. The Labute approximate surface area is 174 Å². The Hall–Kier alpha value is -2.97. The topological polar surface area (TPSA) is 92.9 Å². The van der Waals surface area contributed by atoms with Gasteiger partial charge in [0.2, 0.25) is 5.78 Å². The summed E-state index contributed by atoms with van der Waals surface area (Å²) in [5, 5.41) is 11.3. The number of benzene rings is 1. The molecule has 1 aliphatic rings. The first-order valence-corrected chi connectivity index (χ1v) is 9.67. The molecule has 3 heterocycles. The Bertz CT molecular complexity index is 1120. The molecule has 3 aromatic rings. The molecule has 1 aliphatic heterocycles. The van der Waals surface area contributed by atoms with Crippen LogP contribution < -0.4 is 0 Å². The van der Waals surface area contributed by atoms with Gasteiger partial charge in [-0.15, -0.1) is 0 Å². The van der Waals surface area contributed by atoms with Gasteiger partial charge in [0.25, 0.3) is 5.91 Å². The van der Waals surface area contributed by atoms with Crippen LogP contribution in [0.1, 0.15) is 22.2 Å². The predicted molar refractivity (Wildman–Crippen MR) is 108 cm³/mol. The normalized spacial score (nSPS) is 16.8. The van der Waals surface area contributed by atoms with E-state index < -0.39 is 23.5 Å². The Morgan fingerprint density at radius 3 is 2.76 bits per heavy atom. The third-order valence-corrected chi connectivity index (χ3v) is 5.30. The molecule has 1 N–H and O–H groups in total. The van der Waals surface area contributed by atoms with Crippen LogP contribution in [0.5, 0.6) is 0 Å². The van der Waals surface area contributed by atoms with Crippen molar-refractivity contribution in [2.45, 2.75) is 6.04 Å². The van der Waals surface area contributed by atoms with Gasteiger partial charge in [0.15, 0.2) is 11.5 Å². The number of amides is 1. The summed E-state index contributed by atoms with van der Waals surface area (Å²) in [6, 6.07) is 9.65. The molecule has 4 rings (SSSR count). The van der Waals surface area contributed by atoms with E-state index >= 15 is 0 Å². The van der Waals surface area contributed by atoms with Crippen LogP contribution in [0.15, 0.2) is 69.0 Å². The van der Waals surface area contributed by atoms with E-state index in [1.54, 1.807) is 36.7 Å². The molecule has 0 fully saturated rings. The van der Waals surface area contributed by atoms with Gasteiger partial charge in [0.05, 0.1) is 18.2 Å². The van der Waals surface area contributed by atoms with E-state index in [1.807, 2.05) is 12.1 Å². The van der Waals surface area contributed by atoms with Crippen LogP contribution in [-0.2, 0) is 9.53 Å². The van der Waals surface area contributed by atoms with E-state index in [1.165, 1.54) is 12.0 Å². The third kappa shape index (κ3) is 3.45. The fraction of sp³-hybridized carbons (Fsp3) is 0.190. The summed E-state index contributed by atoms with van der Waals surface area (Å²) in [5.41, 5.74) is 1.18. The lowest BCUT2D eigenvalue weighted by Gasteiger charge is -2.26. The minimum Gasteiger partial charge on any atom is -0.503 e. The van der Waals surface area contributed by atoms with Crippen LogP contribution in [0.25, 0.3) is 11.0 Å². The first-order valence-electron chi connectivity index (χ1n) is 8.88. The van der Waals surface area contributed by atoms with Gasteiger partial charge in [-0.3, -0.25) is 14.6 Å². The van der Waals surface area contributed by atoms with Crippen LogP contribution in [-0.4, -0.2) is 46.9 Å². The third-order valence-electron chi connectivity index (χ3n) is 4.81. The minimum absolute atomic E-state index is 0.0181. The molecule has 7 nitrogen and oxygen atoms in total. The monoisotopic (exact) mass is 456 g/mol. The van der Waals surface area contributed by atoms with Crippen molar-refractivity contribution in [1.29, 1.82) is 0 Å². The number of rotatable bonds is 6. The van der Waals surface area contributed by atoms with E-state index in [0.717, 1.165) is 9.86 Å². The van der Waals surface area contributed by atoms with E-state index in [4.69, 9.17) is 9.15 Å². The number of aliphatic hydroxyl groups is 1. The van der Waals surface area contributed by atoms with Crippen LogP contribution in [0.3, 0.4) is 0 Å². The van der Waals surface area contributed by atoms with Gasteiger partial charge in [-0.2, -0.15) is 0 Å². The molecule has 2 aromatic heterocycles. The molecule has 0 bridgehead atoms. The van der Waals surface area contributed by atoms with Crippen molar-refractivity contribution in [3.05, 3.63) is 75.9 Å². The predicted octanol–water partition coefficient (Wildman–Crippen LogP) is 3.82. The van der Waals surface area contributed by atoms with E-state index in [2.05, 4.69) is 20.9 Å². The highest BCUT2D eigenvalue weighted by atomic mass is 79.9. The van der Waals surface area contributed by atoms with Crippen LogP contribution in [0.2, 0.25) is 0 Å². The summed E-state index contributed by atoms with van der Waals surface area (Å²) in [6.07, 6.45) is 3.15. The van der Waals surface area contributed by atoms with Crippen molar-refractivity contribution in [1.82, 2.24) is 9.88 Å². The van der Waals surface area contributed by atoms with E-state index in [9.17, 15) is 14.7 Å². The van der Waals surface area contributed by atoms with Crippen LogP contribution >= 0.6 is 15.9 Å². The van der Waals surface area contributed by atoms with Crippen LogP contribution in [0, 0.1) is 0 Å². The Kier molecular flexibility index (Phi) is 5.21. The highest BCUT2D eigenvalue weighted by molar-refractivity contribution is 9.10. The number of Topliss-reactive ketones (excluding diaryl/α,β-unsaturated/α-hetero) is 1. The molecule has 29 heavy (non-hydrogen) atoms. The Morgan fingerprint density at radius 2 is 2.03 bits per heavy atom. The molecule has 0 spiro atoms. The van der Waals surface area contributed by atoms with Gasteiger partial charge in [0, 0.05) is 35.9 Å². The highest BCUT2D eigenvalue weighted by Gasteiger charge is 2.44. The number of fused-ring (bicyclic) bond motifs is 1. The number of pyridine rings is 1. The number of halogens is 1. The molecule has 0 aliphatic carbocycles. The van der Waals surface area contributed by atoms with Gasteiger partial charge >= 0.3 is 0 Å². The highest BCUT2D eigenvalue weighted by Crippen LogP contribution is 2.39. The number of ketones is 1. The summed E-state index contributed by atoms with van der Waals surface area (Å²) >= 11 is 3.39. The molecule has 0 radical (unpaired) electrons. The first-order chi connectivity index (χ1) is 14.0. The van der Waals surface area contributed by atoms with Crippen molar-refractivity contribution < 1.29 is 23.8 Å². The molecule has 148 valence electrons. The summed E-state index contributed by atoms with van der Waals surface area (Å²) in [4.78, 5) is 31.4. The fourth-order valence-corrected chi connectivity index (χ4v) is 3.84. The van der Waals surface area contributed by atoms with Gasteiger partial charge in [-0.1, -0.05) is 15.9 Å². The zero-order valence-corrected chi connectivity index (χ0v) is 17.0. The number of ether oxygens (including phenoxy) is 1. The maximum absolute atomic E-state index is 13.3. The lowest BCUT2D eigenvalue weighted by atomic mass is 9.96. The molecule has 1 unspecified atom stereocenters. The average Bonchev–Trinajstić information content (AvgIpc) is 3.25. The Balaban J connectivity index is 1.79. The van der Waals surface area contributed by atoms with Crippen molar-refractivity contribution in [3.63, 3.8) is 0 Å². The fourth-order valence-electron chi connectivity index (χ4n) is 3.46. The Morgan fingerprint density at radius 1 is 1.28 bits per heavy atom. The number of nitrogens with zero attached hydrogens (tertiary/aromatic N) is 2. The van der Waals surface area contributed by atoms with Crippen molar-refractivity contribution in [3.8, 4) is 0 Å². The molecular weight excluding hydrogens is 440 g/mol. The molecule has 1 aromatic carbocycles. The smallest absolute Gasteiger partial charge is 0.290 e. The molecule has 1 atom stereocenters. The SMILES string of the molecule is COCCN1C(=O)C(O)=C(C(=O)c2cc3cc(Br)ccc3o2)C1c1ccncc1. The van der Waals surface area contributed by atoms with Gasteiger partial charge in [0.1, 0.15) is 5.58 Å². The molecule has 1 amide bonds. The van der Waals surface area contributed by atoms with Crippen molar-refractivity contribution in [2.75, 3.05) is 20.3 Å². The summed E-state index contributed by atoms with van der Waals surface area (Å²) in [7, 11) is 1.52. The van der Waals surface area contributed by atoms with Gasteiger partial charge in [-0.25, -0.2) is 0 Å². The molecule has 0 saturated heterocycles. The number of aromatic nitrogens is 1.